The molecule has 0 bridgehead atoms. The Hall–Kier alpha value is -3.09. The summed E-state index contributed by atoms with van der Waals surface area (Å²) in [5.74, 6) is 1.88. The lowest BCUT2D eigenvalue weighted by atomic mass is 10.1. The van der Waals surface area contributed by atoms with Gasteiger partial charge in [-0.05, 0) is 24.5 Å². The maximum absolute atomic E-state index is 12.4. The first kappa shape index (κ1) is 22.6. The van der Waals surface area contributed by atoms with E-state index in [1.165, 1.54) is 5.56 Å². The zero-order chi connectivity index (χ0) is 21.9. The van der Waals surface area contributed by atoms with Gasteiger partial charge < -0.3 is 20.3 Å². The molecule has 166 valence electrons. The number of benzene rings is 1. The summed E-state index contributed by atoms with van der Waals surface area (Å²) in [7, 11) is 1.75. The molecule has 0 aliphatic carbocycles. The number of rotatable bonds is 10. The summed E-state index contributed by atoms with van der Waals surface area (Å²) in [5, 5.41) is 6.67. The van der Waals surface area contributed by atoms with Crippen LogP contribution in [0.3, 0.4) is 0 Å². The minimum atomic E-state index is 0.235. The number of amides is 1. The Morgan fingerprint density at radius 3 is 2.84 bits per heavy atom. The summed E-state index contributed by atoms with van der Waals surface area (Å²) in [6, 6.07) is 14.2. The number of carbonyl (C=O) groups excluding carboxylic acids is 1. The third kappa shape index (κ3) is 6.98. The number of hydrogen-bond donors (Lipinski definition) is 2. The fourth-order valence-corrected chi connectivity index (χ4v) is 3.64. The van der Waals surface area contributed by atoms with E-state index in [0.717, 1.165) is 31.5 Å². The molecule has 31 heavy (non-hydrogen) atoms. The highest BCUT2D eigenvalue weighted by Gasteiger charge is 2.29. The molecular weight excluding hydrogens is 390 g/mol. The normalized spacial score (nSPS) is 16.5. The van der Waals surface area contributed by atoms with Gasteiger partial charge in [-0.25, -0.2) is 4.98 Å². The third-order valence-corrected chi connectivity index (χ3v) is 5.33. The van der Waals surface area contributed by atoms with Crippen molar-refractivity contribution in [1.29, 1.82) is 0 Å². The minimum absolute atomic E-state index is 0.235. The molecule has 1 saturated heterocycles. The second-order valence-electron chi connectivity index (χ2n) is 7.77. The van der Waals surface area contributed by atoms with Crippen molar-refractivity contribution in [1.82, 2.24) is 20.5 Å². The second-order valence-corrected chi connectivity index (χ2v) is 7.77. The molecule has 7 nitrogen and oxygen atoms in total. The number of nitrogens with one attached hydrogen (secondary N) is 2. The first-order chi connectivity index (χ1) is 15.2. The van der Waals surface area contributed by atoms with Crippen molar-refractivity contribution >= 4 is 11.9 Å². The molecule has 1 aliphatic heterocycles. The van der Waals surface area contributed by atoms with Crippen molar-refractivity contribution in [2.45, 2.75) is 32.7 Å². The van der Waals surface area contributed by atoms with E-state index in [0.29, 0.717) is 38.0 Å². The lowest BCUT2D eigenvalue weighted by molar-refractivity contribution is -0.127. The van der Waals surface area contributed by atoms with Crippen molar-refractivity contribution < 1.29 is 9.53 Å². The zero-order valence-corrected chi connectivity index (χ0v) is 18.5. The van der Waals surface area contributed by atoms with Crippen molar-refractivity contribution in [2.24, 2.45) is 10.9 Å². The average Bonchev–Trinajstić information content (AvgIpc) is 3.17. The van der Waals surface area contributed by atoms with Crippen molar-refractivity contribution in [2.75, 3.05) is 33.3 Å². The quantitative estimate of drug-likeness (QED) is 0.454. The Bertz CT molecular complexity index is 856. The van der Waals surface area contributed by atoms with Gasteiger partial charge in [-0.3, -0.25) is 9.79 Å². The summed E-state index contributed by atoms with van der Waals surface area (Å²) in [4.78, 5) is 23.0. The lowest BCUT2D eigenvalue weighted by Gasteiger charge is -2.18. The van der Waals surface area contributed by atoms with Gasteiger partial charge in [0.05, 0.1) is 6.61 Å². The van der Waals surface area contributed by atoms with E-state index in [2.05, 4.69) is 39.7 Å². The minimum Gasteiger partial charge on any atom is -0.477 e. The Labute approximate surface area is 184 Å². The SMILES string of the molecule is CCCOc1ncccc1CNC(=NC)NCC1CC(=O)N(CCc2ccccc2)C1. The molecule has 1 aromatic carbocycles. The predicted octanol–water partition coefficient (Wildman–Crippen LogP) is 2.63. The van der Waals surface area contributed by atoms with Gasteiger partial charge in [-0.2, -0.15) is 0 Å². The summed E-state index contributed by atoms with van der Waals surface area (Å²) in [6.45, 7) is 5.55. The molecule has 3 rings (SSSR count). The maximum atomic E-state index is 12.4. The van der Waals surface area contributed by atoms with Crippen molar-refractivity contribution in [3.8, 4) is 5.88 Å². The molecule has 1 amide bonds. The van der Waals surface area contributed by atoms with Crippen LogP contribution in [0.15, 0.2) is 53.7 Å². The van der Waals surface area contributed by atoms with Crippen LogP contribution in [0.4, 0.5) is 0 Å². The van der Waals surface area contributed by atoms with Gasteiger partial charge in [-0.15, -0.1) is 0 Å². The third-order valence-electron chi connectivity index (χ3n) is 5.33. The summed E-state index contributed by atoms with van der Waals surface area (Å²) < 4.78 is 5.72. The lowest BCUT2D eigenvalue weighted by Crippen LogP contribution is -2.40. The van der Waals surface area contributed by atoms with E-state index in [4.69, 9.17) is 4.74 Å². The fraction of sp³-hybridized carbons (Fsp3) is 0.458. The Balaban J connectivity index is 1.43. The topological polar surface area (TPSA) is 78.8 Å². The van der Waals surface area contributed by atoms with Gasteiger partial charge in [0.1, 0.15) is 0 Å². The maximum Gasteiger partial charge on any atom is 0.223 e. The molecule has 1 fully saturated rings. The molecule has 1 unspecified atom stereocenters. The molecule has 0 radical (unpaired) electrons. The Morgan fingerprint density at radius 2 is 2.06 bits per heavy atom. The molecule has 2 heterocycles. The van der Waals surface area contributed by atoms with Gasteiger partial charge >= 0.3 is 0 Å². The Morgan fingerprint density at radius 1 is 1.23 bits per heavy atom. The molecular formula is C24H33N5O2. The predicted molar refractivity (Wildman–Crippen MR) is 123 cm³/mol. The molecule has 1 aliphatic rings. The Kier molecular flexibility index (Phi) is 8.70. The fourth-order valence-electron chi connectivity index (χ4n) is 3.64. The molecule has 0 spiro atoms. The first-order valence-corrected chi connectivity index (χ1v) is 11.0. The van der Waals surface area contributed by atoms with Crippen LogP contribution >= 0.6 is 0 Å². The highest BCUT2D eigenvalue weighted by molar-refractivity contribution is 5.80. The van der Waals surface area contributed by atoms with E-state index < -0.39 is 0 Å². The number of aliphatic imine (C=N–C) groups is 1. The van der Waals surface area contributed by atoms with E-state index in [1.54, 1.807) is 13.2 Å². The van der Waals surface area contributed by atoms with Gasteiger partial charge in [0, 0.05) is 57.3 Å². The number of likely N-dealkylation sites (tertiary alicyclic amines) is 1. The summed E-state index contributed by atoms with van der Waals surface area (Å²) in [5.41, 5.74) is 2.25. The van der Waals surface area contributed by atoms with Crippen LogP contribution in [0, 0.1) is 5.92 Å². The smallest absolute Gasteiger partial charge is 0.223 e. The van der Waals surface area contributed by atoms with E-state index in [1.807, 2.05) is 35.2 Å². The largest absolute Gasteiger partial charge is 0.477 e. The van der Waals surface area contributed by atoms with E-state index in [-0.39, 0.29) is 11.8 Å². The number of hydrogen-bond acceptors (Lipinski definition) is 4. The molecule has 0 saturated carbocycles. The number of pyridine rings is 1. The number of nitrogens with zero attached hydrogens (tertiary/aromatic N) is 3. The highest BCUT2D eigenvalue weighted by Crippen LogP contribution is 2.18. The van der Waals surface area contributed by atoms with Crippen LogP contribution in [0.2, 0.25) is 0 Å². The van der Waals surface area contributed by atoms with Crippen LogP contribution in [0.25, 0.3) is 0 Å². The number of aromatic nitrogens is 1. The number of carbonyl (C=O) groups is 1. The summed E-state index contributed by atoms with van der Waals surface area (Å²) >= 11 is 0. The molecule has 2 aromatic rings. The van der Waals surface area contributed by atoms with Crippen LogP contribution in [-0.2, 0) is 17.8 Å². The van der Waals surface area contributed by atoms with Crippen LogP contribution in [-0.4, -0.2) is 55.0 Å². The number of ether oxygens (including phenoxy) is 1. The van der Waals surface area contributed by atoms with Crippen LogP contribution in [0.1, 0.15) is 30.9 Å². The van der Waals surface area contributed by atoms with Gasteiger partial charge in [0.25, 0.3) is 0 Å². The van der Waals surface area contributed by atoms with Crippen LogP contribution < -0.4 is 15.4 Å². The van der Waals surface area contributed by atoms with Crippen molar-refractivity contribution in [3.63, 3.8) is 0 Å². The second kappa shape index (κ2) is 11.9. The monoisotopic (exact) mass is 423 g/mol. The highest BCUT2D eigenvalue weighted by atomic mass is 16.5. The molecule has 2 N–H and O–H groups in total. The standard InChI is InChI=1S/C24H33N5O2/c1-3-14-31-23-21(10-7-12-26-23)17-28-24(25-2)27-16-20-15-22(30)29(18-20)13-11-19-8-5-4-6-9-19/h4-10,12,20H,3,11,13-18H2,1-2H3,(H2,25,27,28). The van der Waals surface area contributed by atoms with Gasteiger partial charge in [0.15, 0.2) is 5.96 Å². The molecule has 7 heteroatoms. The number of guanidine groups is 1. The van der Waals surface area contributed by atoms with Crippen molar-refractivity contribution in [3.05, 3.63) is 59.8 Å². The first-order valence-electron chi connectivity index (χ1n) is 11.0. The van der Waals surface area contributed by atoms with Crippen LogP contribution in [0.5, 0.6) is 5.88 Å². The molecule has 1 aromatic heterocycles. The van der Waals surface area contributed by atoms with Gasteiger partial charge in [-0.1, -0.05) is 43.3 Å². The zero-order valence-electron chi connectivity index (χ0n) is 18.5. The van der Waals surface area contributed by atoms with Gasteiger partial charge in [0.2, 0.25) is 11.8 Å². The summed E-state index contributed by atoms with van der Waals surface area (Å²) in [6.07, 6.45) is 4.15. The van der Waals surface area contributed by atoms with E-state index >= 15 is 0 Å². The molecule has 1 atom stereocenters. The van der Waals surface area contributed by atoms with E-state index in [9.17, 15) is 4.79 Å². The average molecular weight is 424 g/mol.